The van der Waals surface area contributed by atoms with Gasteiger partial charge in [-0.3, -0.25) is 4.79 Å². The van der Waals surface area contributed by atoms with Crippen LogP contribution in [0.5, 0.6) is 0 Å². The number of carbonyl (C=O) groups excluding carboxylic acids is 1. The van der Waals surface area contributed by atoms with Gasteiger partial charge in [0, 0.05) is 17.4 Å². The lowest BCUT2D eigenvalue weighted by Gasteiger charge is -2.14. The fraction of sp³-hybridized carbons (Fsp3) is 0.588. The van der Waals surface area contributed by atoms with Crippen molar-refractivity contribution in [3.05, 3.63) is 35.4 Å². The van der Waals surface area contributed by atoms with Crippen molar-refractivity contribution in [1.29, 1.82) is 0 Å². The first-order valence-electron chi connectivity index (χ1n) is 7.98. The van der Waals surface area contributed by atoms with Crippen LogP contribution in [0, 0.1) is 0 Å². The molecule has 0 radical (unpaired) electrons. The van der Waals surface area contributed by atoms with Crippen LogP contribution < -0.4 is 5.32 Å². The van der Waals surface area contributed by atoms with Gasteiger partial charge < -0.3 is 5.32 Å². The molecule has 0 aromatic heterocycles. The smallest absolute Gasteiger partial charge is 0.220 e. The largest absolute Gasteiger partial charge is 0.349 e. The molecule has 0 spiro atoms. The number of hydrogen-bond donors (Lipinski definition) is 1. The minimum absolute atomic E-state index is 0.227. The minimum atomic E-state index is 0.227. The monoisotopic (exact) mass is 321 g/mol. The summed E-state index contributed by atoms with van der Waals surface area (Å²) in [6.07, 6.45) is 7.67. The molecule has 1 N–H and O–H groups in total. The van der Waals surface area contributed by atoms with Gasteiger partial charge in [-0.2, -0.15) is 0 Å². The number of amides is 1. The van der Waals surface area contributed by atoms with Gasteiger partial charge in [0.05, 0.1) is 6.04 Å². The highest BCUT2D eigenvalue weighted by molar-refractivity contribution is 8.77. The van der Waals surface area contributed by atoms with E-state index in [-0.39, 0.29) is 11.9 Å². The molecule has 4 heteroatoms. The molecule has 0 bridgehead atoms. The van der Waals surface area contributed by atoms with Crippen molar-refractivity contribution in [2.24, 2.45) is 0 Å². The summed E-state index contributed by atoms with van der Waals surface area (Å²) in [5.41, 5.74) is 2.73. The van der Waals surface area contributed by atoms with Gasteiger partial charge in [-0.15, -0.1) is 0 Å². The second kappa shape index (κ2) is 7.59. The Bertz CT molecular complexity index is 485. The van der Waals surface area contributed by atoms with Crippen molar-refractivity contribution in [3.63, 3.8) is 0 Å². The molecular formula is C17H23NOS2. The van der Waals surface area contributed by atoms with Crippen LogP contribution >= 0.6 is 21.6 Å². The summed E-state index contributed by atoms with van der Waals surface area (Å²) in [5, 5.41) is 4.05. The molecule has 1 aromatic rings. The van der Waals surface area contributed by atoms with E-state index in [1.54, 1.807) is 0 Å². The molecule has 1 fully saturated rings. The third-order valence-electron chi connectivity index (χ3n) is 4.38. The number of nitrogens with one attached hydrogen (secondary N) is 1. The summed E-state index contributed by atoms with van der Waals surface area (Å²) in [5.74, 6) is 1.53. The second-order valence-electron chi connectivity index (χ2n) is 5.93. The van der Waals surface area contributed by atoms with Crippen molar-refractivity contribution >= 4 is 27.5 Å². The maximum atomic E-state index is 12.1. The van der Waals surface area contributed by atoms with Crippen LogP contribution in [0.25, 0.3) is 0 Å². The highest BCUT2D eigenvalue weighted by atomic mass is 33.1. The number of benzene rings is 1. The topological polar surface area (TPSA) is 29.1 Å². The molecule has 21 heavy (non-hydrogen) atoms. The maximum absolute atomic E-state index is 12.1. The van der Waals surface area contributed by atoms with Gasteiger partial charge in [0.2, 0.25) is 5.91 Å². The molecular weight excluding hydrogens is 298 g/mol. The summed E-state index contributed by atoms with van der Waals surface area (Å²) in [4.78, 5) is 12.1. The van der Waals surface area contributed by atoms with Gasteiger partial charge in [-0.25, -0.2) is 0 Å². The predicted octanol–water partition coefficient (Wildman–Crippen LogP) is 4.50. The van der Waals surface area contributed by atoms with Crippen LogP contribution in [0.3, 0.4) is 0 Å². The average molecular weight is 322 g/mol. The van der Waals surface area contributed by atoms with E-state index in [2.05, 4.69) is 29.6 Å². The van der Waals surface area contributed by atoms with E-state index in [1.807, 2.05) is 21.6 Å². The summed E-state index contributed by atoms with van der Waals surface area (Å²) < 4.78 is 0. The number of carbonyl (C=O) groups is 1. The SMILES string of the molecule is O=C(CCCC[C@H]1CCSS1)N[C@@H]1CCc2ccccc21. The van der Waals surface area contributed by atoms with Gasteiger partial charge in [0.1, 0.15) is 0 Å². The molecule has 2 nitrogen and oxygen atoms in total. The highest BCUT2D eigenvalue weighted by Gasteiger charge is 2.23. The third-order valence-corrected chi connectivity index (χ3v) is 7.38. The summed E-state index contributed by atoms with van der Waals surface area (Å²) >= 11 is 0. The van der Waals surface area contributed by atoms with Crippen molar-refractivity contribution in [3.8, 4) is 0 Å². The molecule has 1 amide bonds. The first-order chi connectivity index (χ1) is 10.3. The van der Waals surface area contributed by atoms with Gasteiger partial charge in [-0.05, 0) is 43.2 Å². The van der Waals surface area contributed by atoms with Crippen LogP contribution in [0.4, 0.5) is 0 Å². The molecule has 0 saturated carbocycles. The zero-order valence-electron chi connectivity index (χ0n) is 12.3. The molecule has 1 aliphatic carbocycles. The molecule has 1 heterocycles. The van der Waals surface area contributed by atoms with E-state index < -0.39 is 0 Å². The Morgan fingerprint density at radius 1 is 1.24 bits per heavy atom. The molecule has 1 aromatic carbocycles. The Hall–Kier alpha value is -0.610. The lowest BCUT2D eigenvalue weighted by molar-refractivity contribution is -0.121. The molecule has 0 unspecified atom stereocenters. The summed E-state index contributed by atoms with van der Waals surface area (Å²) in [6, 6.07) is 8.74. The number of unbranched alkanes of at least 4 members (excludes halogenated alkanes) is 1. The van der Waals surface area contributed by atoms with Crippen LogP contribution in [0.2, 0.25) is 0 Å². The zero-order chi connectivity index (χ0) is 14.5. The van der Waals surface area contributed by atoms with Crippen molar-refractivity contribution in [1.82, 2.24) is 5.32 Å². The Labute approximate surface area is 135 Å². The van der Waals surface area contributed by atoms with E-state index >= 15 is 0 Å². The van der Waals surface area contributed by atoms with Gasteiger partial charge in [-0.1, -0.05) is 52.3 Å². The Morgan fingerprint density at radius 3 is 3.00 bits per heavy atom. The Kier molecular flexibility index (Phi) is 5.53. The van der Waals surface area contributed by atoms with Gasteiger partial charge >= 0.3 is 0 Å². The highest BCUT2D eigenvalue weighted by Crippen LogP contribution is 2.39. The normalized spacial score (nSPS) is 24.0. The van der Waals surface area contributed by atoms with E-state index in [0.29, 0.717) is 6.42 Å². The average Bonchev–Trinajstić information content (AvgIpc) is 3.14. The summed E-state index contributed by atoms with van der Waals surface area (Å²) in [7, 11) is 4.03. The fourth-order valence-electron chi connectivity index (χ4n) is 3.20. The lowest BCUT2D eigenvalue weighted by atomic mass is 10.1. The Balaban J connectivity index is 1.37. The number of fused-ring (bicyclic) bond motifs is 1. The van der Waals surface area contributed by atoms with E-state index in [0.717, 1.165) is 24.5 Å². The van der Waals surface area contributed by atoms with Crippen LogP contribution in [-0.4, -0.2) is 16.9 Å². The zero-order valence-corrected chi connectivity index (χ0v) is 14.0. The van der Waals surface area contributed by atoms with E-state index in [1.165, 1.54) is 36.1 Å². The predicted molar refractivity (Wildman–Crippen MR) is 92.6 cm³/mol. The minimum Gasteiger partial charge on any atom is -0.349 e. The van der Waals surface area contributed by atoms with Crippen molar-refractivity contribution in [2.45, 2.75) is 56.2 Å². The quantitative estimate of drug-likeness (QED) is 0.617. The summed E-state index contributed by atoms with van der Waals surface area (Å²) in [6.45, 7) is 0. The van der Waals surface area contributed by atoms with E-state index in [9.17, 15) is 4.79 Å². The molecule has 2 aliphatic rings. The molecule has 2 atom stereocenters. The maximum Gasteiger partial charge on any atom is 0.220 e. The van der Waals surface area contributed by atoms with Gasteiger partial charge in [0.15, 0.2) is 0 Å². The number of aryl methyl sites for hydroxylation is 1. The lowest BCUT2D eigenvalue weighted by Crippen LogP contribution is -2.26. The van der Waals surface area contributed by atoms with Crippen molar-refractivity contribution < 1.29 is 4.79 Å². The van der Waals surface area contributed by atoms with E-state index in [4.69, 9.17) is 0 Å². The van der Waals surface area contributed by atoms with Crippen LogP contribution in [0.1, 0.15) is 55.7 Å². The number of rotatable bonds is 6. The second-order valence-corrected chi connectivity index (χ2v) is 8.72. The Morgan fingerprint density at radius 2 is 2.14 bits per heavy atom. The fourth-order valence-corrected chi connectivity index (χ4v) is 6.22. The third kappa shape index (κ3) is 4.19. The standard InChI is InChI=1S/C17H23NOS2/c19-17(8-4-2-6-14-11-12-20-21-14)18-16-10-9-13-5-1-3-7-15(13)16/h1,3,5,7,14,16H,2,4,6,8-12H2,(H,18,19)/t14-,16+/m0/s1. The van der Waals surface area contributed by atoms with Crippen LogP contribution in [0.15, 0.2) is 24.3 Å². The number of hydrogen-bond acceptors (Lipinski definition) is 3. The first kappa shape index (κ1) is 15.3. The molecule has 114 valence electrons. The van der Waals surface area contributed by atoms with Crippen molar-refractivity contribution in [2.75, 3.05) is 5.75 Å². The molecule has 1 aliphatic heterocycles. The van der Waals surface area contributed by atoms with Crippen LogP contribution in [-0.2, 0) is 11.2 Å². The molecule has 1 saturated heterocycles. The molecule has 3 rings (SSSR count). The van der Waals surface area contributed by atoms with Gasteiger partial charge in [0.25, 0.3) is 0 Å². The first-order valence-corrected chi connectivity index (χ1v) is 10.4.